The van der Waals surface area contributed by atoms with Crippen LogP contribution in [0, 0.1) is 5.92 Å². The van der Waals surface area contributed by atoms with Crippen molar-refractivity contribution in [2.45, 2.75) is 12.5 Å². The molecule has 5 nitrogen and oxygen atoms in total. The standard InChI is InChI=1S/C16H17N3O2/c20-15-7-12(11-3-1-2-4-13(11)18-15)16(21)19-6-5-10-8-17-9-14(10)19/h1-4,7,10,14,17H,5-6,8-9H2,(H,18,20)/t10-,14+/m0/s1. The van der Waals surface area contributed by atoms with Crippen LogP contribution in [-0.2, 0) is 0 Å². The fraction of sp³-hybridized carbons (Fsp3) is 0.375. The Bertz CT molecular complexity index is 767. The number of likely N-dealkylation sites (tertiary alicyclic amines) is 1. The quantitative estimate of drug-likeness (QED) is 0.819. The van der Waals surface area contributed by atoms with E-state index in [9.17, 15) is 9.59 Å². The number of carbonyl (C=O) groups is 1. The molecule has 0 aliphatic carbocycles. The Morgan fingerprint density at radius 2 is 2.10 bits per heavy atom. The predicted octanol–water partition coefficient (Wildman–Crippen LogP) is 0.962. The fourth-order valence-electron chi connectivity index (χ4n) is 3.64. The van der Waals surface area contributed by atoms with Gasteiger partial charge in [0.05, 0.1) is 5.56 Å². The average molecular weight is 283 g/mol. The van der Waals surface area contributed by atoms with Gasteiger partial charge in [0, 0.05) is 42.6 Å². The molecule has 108 valence electrons. The van der Waals surface area contributed by atoms with Gasteiger partial charge in [-0.15, -0.1) is 0 Å². The third kappa shape index (κ3) is 1.96. The zero-order valence-corrected chi connectivity index (χ0v) is 11.6. The number of aromatic nitrogens is 1. The number of hydrogen-bond donors (Lipinski definition) is 2. The van der Waals surface area contributed by atoms with Gasteiger partial charge in [0.2, 0.25) is 5.56 Å². The van der Waals surface area contributed by atoms with Gasteiger partial charge in [-0.05, 0) is 18.4 Å². The number of pyridine rings is 1. The molecule has 0 unspecified atom stereocenters. The molecule has 0 radical (unpaired) electrons. The third-order valence-electron chi connectivity index (χ3n) is 4.69. The van der Waals surface area contributed by atoms with Crippen LogP contribution < -0.4 is 10.9 Å². The summed E-state index contributed by atoms with van der Waals surface area (Å²) in [6, 6.07) is 9.17. The second-order valence-electron chi connectivity index (χ2n) is 5.87. The molecule has 2 aliphatic heterocycles. The van der Waals surface area contributed by atoms with Crippen LogP contribution in [0.3, 0.4) is 0 Å². The molecule has 0 bridgehead atoms. The molecule has 1 amide bonds. The molecule has 3 heterocycles. The monoisotopic (exact) mass is 283 g/mol. The lowest BCUT2D eigenvalue weighted by Crippen LogP contribution is -2.39. The first-order valence-corrected chi connectivity index (χ1v) is 7.38. The maximum absolute atomic E-state index is 12.9. The van der Waals surface area contributed by atoms with Crippen molar-refractivity contribution < 1.29 is 4.79 Å². The van der Waals surface area contributed by atoms with E-state index in [1.807, 2.05) is 29.2 Å². The summed E-state index contributed by atoms with van der Waals surface area (Å²) in [7, 11) is 0. The lowest BCUT2D eigenvalue weighted by atomic mass is 10.0. The summed E-state index contributed by atoms with van der Waals surface area (Å²) in [6.07, 6.45) is 1.05. The van der Waals surface area contributed by atoms with Crippen molar-refractivity contribution in [3.05, 3.63) is 46.2 Å². The first-order chi connectivity index (χ1) is 10.2. The molecule has 2 N–H and O–H groups in total. The Kier molecular flexibility index (Phi) is 2.82. The summed E-state index contributed by atoms with van der Waals surface area (Å²) in [5.74, 6) is 0.538. The molecule has 4 rings (SSSR count). The van der Waals surface area contributed by atoms with E-state index in [0.717, 1.165) is 31.4 Å². The predicted molar refractivity (Wildman–Crippen MR) is 80.4 cm³/mol. The highest BCUT2D eigenvalue weighted by Crippen LogP contribution is 2.29. The van der Waals surface area contributed by atoms with E-state index in [2.05, 4.69) is 10.3 Å². The van der Waals surface area contributed by atoms with E-state index >= 15 is 0 Å². The van der Waals surface area contributed by atoms with Crippen LogP contribution in [0.25, 0.3) is 10.9 Å². The number of para-hydroxylation sites is 1. The highest BCUT2D eigenvalue weighted by molar-refractivity contribution is 6.06. The van der Waals surface area contributed by atoms with Crippen LogP contribution in [0.2, 0.25) is 0 Å². The van der Waals surface area contributed by atoms with Gasteiger partial charge >= 0.3 is 0 Å². The zero-order chi connectivity index (χ0) is 14.4. The van der Waals surface area contributed by atoms with Gasteiger partial charge in [-0.1, -0.05) is 18.2 Å². The van der Waals surface area contributed by atoms with Crippen LogP contribution in [0.1, 0.15) is 16.8 Å². The normalized spacial score (nSPS) is 24.5. The smallest absolute Gasteiger partial charge is 0.255 e. The minimum atomic E-state index is -0.225. The lowest BCUT2D eigenvalue weighted by molar-refractivity contribution is 0.0739. The van der Waals surface area contributed by atoms with Gasteiger partial charge < -0.3 is 15.2 Å². The zero-order valence-electron chi connectivity index (χ0n) is 11.6. The molecule has 21 heavy (non-hydrogen) atoms. The first kappa shape index (κ1) is 12.6. The van der Waals surface area contributed by atoms with Gasteiger partial charge in [-0.3, -0.25) is 9.59 Å². The van der Waals surface area contributed by atoms with Crippen molar-refractivity contribution in [1.29, 1.82) is 0 Å². The van der Waals surface area contributed by atoms with Gasteiger partial charge in [-0.2, -0.15) is 0 Å². The number of nitrogens with zero attached hydrogens (tertiary/aromatic N) is 1. The average Bonchev–Trinajstić information content (AvgIpc) is 3.08. The maximum Gasteiger partial charge on any atom is 0.255 e. The van der Waals surface area contributed by atoms with Gasteiger partial charge in [0.25, 0.3) is 5.91 Å². The topological polar surface area (TPSA) is 65.2 Å². The van der Waals surface area contributed by atoms with E-state index in [0.29, 0.717) is 17.0 Å². The summed E-state index contributed by atoms with van der Waals surface area (Å²) >= 11 is 0. The van der Waals surface area contributed by atoms with Crippen molar-refractivity contribution in [3.8, 4) is 0 Å². The number of fused-ring (bicyclic) bond motifs is 2. The van der Waals surface area contributed by atoms with E-state index < -0.39 is 0 Å². The molecule has 5 heteroatoms. The van der Waals surface area contributed by atoms with E-state index in [4.69, 9.17) is 0 Å². The van der Waals surface area contributed by atoms with Crippen molar-refractivity contribution in [2.75, 3.05) is 19.6 Å². The van der Waals surface area contributed by atoms with E-state index in [1.165, 1.54) is 6.07 Å². The Morgan fingerprint density at radius 3 is 3.00 bits per heavy atom. The Morgan fingerprint density at radius 1 is 1.24 bits per heavy atom. The van der Waals surface area contributed by atoms with Crippen molar-refractivity contribution in [3.63, 3.8) is 0 Å². The van der Waals surface area contributed by atoms with Crippen LogP contribution in [0.5, 0.6) is 0 Å². The largest absolute Gasteiger partial charge is 0.334 e. The first-order valence-electron chi connectivity index (χ1n) is 7.38. The van der Waals surface area contributed by atoms with Crippen molar-refractivity contribution in [2.24, 2.45) is 5.92 Å². The summed E-state index contributed by atoms with van der Waals surface area (Å²) < 4.78 is 0. The number of rotatable bonds is 1. The fourth-order valence-corrected chi connectivity index (χ4v) is 3.64. The number of benzene rings is 1. The number of hydrogen-bond acceptors (Lipinski definition) is 3. The number of carbonyl (C=O) groups excluding carboxylic acids is 1. The molecular weight excluding hydrogens is 266 g/mol. The molecule has 1 aromatic heterocycles. The highest BCUT2D eigenvalue weighted by Gasteiger charge is 2.40. The third-order valence-corrected chi connectivity index (χ3v) is 4.69. The summed E-state index contributed by atoms with van der Waals surface area (Å²) in [4.78, 5) is 29.4. The van der Waals surface area contributed by atoms with E-state index in [-0.39, 0.29) is 17.5 Å². The molecule has 2 saturated heterocycles. The van der Waals surface area contributed by atoms with Gasteiger partial charge in [0.15, 0.2) is 0 Å². The molecule has 2 fully saturated rings. The number of amides is 1. The van der Waals surface area contributed by atoms with Crippen LogP contribution in [0.15, 0.2) is 35.1 Å². The molecule has 2 aliphatic rings. The Labute approximate surface area is 122 Å². The molecule has 0 saturated carbocycles. The SMILES string of the molecule is O=C(c1cc(=O)[nH]c2ccccc12)N1CC[C@H]2CNC[C@H]21. The second-order valence-corrected chi connectivity index (χ2v) is 5.87. The summed E-state index contributed by atoms with van der Waals surface area (Å²) in [5, 5.41) is 4.16. The van der Waals surface area contributed by atoms with Crippen molar-refractivity contribution >= 4 is 16.8 Å². The number of nitrogens with one attached hydrogen (secondary N) is 2. The Hall–Kier alpha value is -2.14. The minimum Gasteiger partial charge on any atom is -0.334 e. The maximum atomic E-state index is 12.9. The summed E-state index contributed by atoms with van der Waals surface area (Å²) in [5.41, 5.74) is 1.01. The molecular formula is C16H17N3O2. The lowest BCUT2D eigenvalue weighted by Gasteiger charge is -2.24. The molecule has 1 aromatic carbocycles. The summed E-state index contributed by atoms with van der Waals surface area (Å²) in [6.45, 7) is 2.64. The Balaban J connectivity index is 1.79. The van der Waals surface area contributed by atoms with Crippen LogP contribution >= 0.6 is 0 Å². The van der Waals surface area contributed by atoms with Gasteiger partial charge in [-0.25, -0.2) is 0 Å². The molecule has 0 spiro atoms. The van der Waals surface area contributed by atoms with E-state index in [1.54, 1.807) is 0 Å². The molecule has 2 atom stereocenters. The second kappa shape index (κ2) is 4.70. The number of aromatic amines is 1. The molecule has 2 aromatic rings. The van der Waals surface area contributed by atoms with Crippen LogP contribution in [0.4, 0.5) is 0 Å². The van der Waals surface area contributed by atoms with Gasteiger partial charge in [0.1, 0.15) is 0 Å². The van der Waals surface area contributed by atoms with Crippen LogP contribution in [-0.4, -0.2) is 41.5 Å². The minimum absolute atomic E-state index is 0.0199. The van der Waals surface area contributed by atoms with Crippen molar-refractivity contribution in [1.82, 2.24) is 15.2 Å². The highest BCUT2D eigenvalue weighted by atomic mass is 16.2. The number of H-pyrrole nitrogens is 1.